The molecule has 2 aromatic rings. The molecule has 2 atom stereocenters. The first kappa shape index (κ1) is 12.7. The molecule has 0 saturated carbocycles. The number of anilines is 2. The Morgan fingerprint density at radius 1 is 1.28 bits per heavy atom. The van der Waals surface area contributed by atoms with Crippen molar-refractivity contribution in [2.75, 3.05) is 11.1 Å². The molecule has 0 fully saturated rings. The highest BCUT2D eigenvalue weighted by Crippen LogP contribution is 2.27. The average molecular weight is 243 g/mol. The van der Waals surface area contributed by atoms with E-state index in [2.05, 4.69) is 37.1 Å². The summed E-state index contributed by atoms with van der Waals surface area (Å²) in [7, 11) is 0. The van der Waals surface area contributed by atoms with Crippen molar-refractivity contribution in [3.63, 3.8) is 0 Å². The Morgan fingerprint density at radius 2 is 2.06 bits per heavy atom. The van der Waals surface area contributed by atoms with Crippen LogP contribution in [0, 0.1) is 5.92 Å². The van der Waals surface area contributed by atoms with Crippen LogP contribution in [0.25, 0.3) is 10.9 Å². The molecule has 2 unspecified atom stereocenters. The van der Waals surface area contributed by atoms with Gasteiger partial charge in [-0.15, -0.1) is 0 Å². The zero-order chi connectivity index (χ0) is 13.1. The smallest absolute Gasteiger partial charge is 0.0951 e. The Balaban J connectivity index is 2.37. The number of nitrogen functional groups attached to an aromatic ring is 1. The molecule has 3 N–H and O–H groups in total. The summed E-state index contributed by atoms with van der Waals surface area (Å²) in [6.07, 6.45) is 2.94. The average Bonchev–Trinajstić information content (AvgIpc) is 2.41. The van der Waals surface area contributed by atoms with Gasteiger partial charge in [-0.3, -0.25) is 4.98 Å². The number of hydrogen-bond acceptors (Lipinski definition) is 3. The van der Waals surface area contributed by atoms with Gasteiger partial charge < -0.3 is 11.1 Å². The zero-order valence-corrected chi connectivity index (χ0v) is 11.3. The van der Waals surface area contributed by atoms with Crippen LogP contribution >= 0.6 is 0 Å². The first-order valence-corrected chi connectivity index (χ1v) is 6.53. The van der Waals surface area contributed by atoms with Crippen molar-refractivity contribution in [3.05, 3.63) is 30.5 Å². The van der Waals surface area contributed by atoms with Crippen molar-refractivity contribution in [2.24, 2.45) is 5.92 Å². The van der Waals surface area contributed by atoms with Gasteiger partial charge in [0.05, 0.1) is 11.2 Å². The second-order valence-corrected chi connectivity index (χ2v) is 4.92. The maximum absolute atomic E-state index is 5.95. The van der Waals surface area contributed by atoms with Gasteiger partial charge in [0.1, 0.15) is 0 Å². The Labute approximate surface area is 108 Å². The molecular formula is C15H21N3. The monoisotopic (exact) mass is 243 g/mol. The fraction of sp³-hybridized carbons (Fsp3) is 0.400. The number of fused-ring (bicyclic) bond motifs is 1. The molecule has 0 aliphatic heterocycles. The summed E-state index contributed by atoms with van der Waals surface area (Å²) in [4.78, 5) is 4.35. The van der Waals surface area contributed by atoms with Gasteiger partial charge in [0.25, 0.3) is 0 Å². The van der Waals surface area contributed by atoms with Crippen molar-refractivity contribution in [1.82, 2.24) is 4.98 Å². The number of benzene rings is 1. The molecule has 3 heteroatoms. The fourth-order valence-electron chi connectivity index (χ4n) is 2.06. The maximum atomic E-state index is 5.95. The van der Waals surface area contributed by atoms with Crippen molar-refractivity contribution in [2.45, 2.75) is 33.2 Å². The lowest BCUT2D eigenvalue weighted by atomic mass is 10.00. The van der Waals surface area contributed by atoms with Gasteiger partial charge >= 0.3 is 0 Å². The van der Waals surface area contributed by atoms with Gasteiger partial charge in [-0.05, 0) is 37.1 Å². The van der Waals surface area contributed by atoms with E-state index in [9.17, 15) is 0 Å². The van der Waals surface area contributed by atoms with E-state index in [0.29, 0.717) is 12.0 Å². The van der Waals surface area contributed by atoms with E-state index in [0.717, 1.165) is 22.3 Å². The first-order chi connectivity index (χ1) is 8.63. The van der Waals surface area contributed by atoms with Crippen molar-refractivity contribution in [1.29, 1.82) is 0 Å². The normalized spacial score (nSPS) is 14.4. The van der Waals surface area contributed by atoms with E-state index < -0.39 is 0 Å². The predicted octanol–water partition coefficient (Wildman–Crippen LogP) is 3.66. The molecule has 0 saturated heterocycles. The quantitative estimate of drug-likeness (QED) is 0.806. The van der Waals surface area contributed by atoms with Gasteiger partial charge in [-0.25, -0.2) is 0 Å². The van der Waals surface area contributed by atoms with E-state index in [1.807, 2.05) is 18.2 Å². The minimum Gasteiger partial charge on any atom is -0.397 e. The molecular weight excluding hydrogens is 222 g/mol. The summed E-state index contributed by atoms with van der Waals surface area (Å²) >= 11 is 0. The highest BCUT2D eigenvalue weighted by Gasteiger charge is 2.12. The van der Waals surface area contributed by atoms with E-state index in [1.165, 1.54) is 6.42 Å². The van der Waals surface area contributed by atoms with E-state index in [-0.39, 0.29) is 0 Å². The molecule has 0 spiro atoms. The first-order valence-electron chi connectivity index (χ1n) is 6.53. The molecule has 1 aromatic carbocycles. The number of aromatic nitrogens is 1. The Kier molecular flexibility index (Phi) is 3.70. The van der Waals surface area contributed by atoms with Crippen molar-refractivity contribution < 1.29 is 0 Å². The summed E-state index contributed by atoms with van der Waals surface area (Å²) in [6.45, 7) is 6.69. The van der Waals surface area contributed by atoms with Crippen LogP contribution in [0.2, 0.25) is 0 Å². The summed E-state index contributed by atoms with van der Waals surface area (Å²) in [5.74, 6) is 0.634. The number of nitrogens with one attached hydrogen (secondary N) is 1. The Bertz CT molecular complexity index is 536. The van der Waals surface area contributed by atoms with Gasteiger partial charge in [0, 0.05) is 23.3 Å². The third-order valence-electron chi connectivity index (χ3n) is 3.68. The number of nitrogens with zero attached hydrogens (tertiary/aromatic N) is 1. The van der Waals surface area contributed by atoms with Gasteiger partial charge in [0.2, 0.25) is 0 Å². The Hall–Kier alpha value is -1.77. The highest BCUT2D eigenvalue weighted by molar-refractivity contribution is 5.98. The lowest BCUT2D eigenvalue weighted by Gasteiger charge is -2.22. The van der Waals surface area contributed by atoms with Gasteiger partial charge in [0.15, 0.2) is 0 Å². The molecule has 3 nitrogen and oxygen atoms in total. The van der Waals surface area contributed by atoms with Crippen LogP contribution in [0.15, 0.2) is 30.5 Å². The number of rotatable bonds is 4. The molecule has 0 amide bonds. The van der Waals surface area contributed by atoms with E-state index in [4.69, 9.17) is 5.73 Å². The molecule has 0 radical (unpaired) electrons. The third-order valence-corrected chi connectivity index (χ3v) is 3.68. The third kappa shape index (κ3) is 2.40. The molecule has 1 heterocycles. The topological polar surface area (TPSA) is 50.9 Å². The summed E-state index contributed by atoms with van der Waals surface area (Å²) in [5, 5.41) is 4.66. The Morgan fingerprint density at radius 3 is 2.78 bits per heavy atom. The number of nitrogens with two attached hydrogens (primary N) is 1. The maximum Gasteiger partial charge on any atom is 0.0951 e. The number of pyridine rings is 1. The molecule has 96 valence electrons. The predicted molar refractivity (Wildman–Crippen MR) is 78.7 cm³/mol. The van der Waals surface area contributed by atoms with Crippen LogP contribution in [0.3, 0.4) is 0 Å². The van der Waals surface area contributed by atoms with Crippen LogP contribution < -0.4 is 11.1 Å². The zero-order valence-electron chi connectivity index (χ0n) is 11.3. The lowest BCUT2D eigenvalue weighted by Crippen LogP contribution is -2.23. The minimum atomic E-state index is 0.432. The second-order valence-electron chi connectivity index (χ2n) is 4.92. The standard InChI is InChI=1S/C15H21N3/c1-4-10(2)11(3)18-14-8-7-13(16)15-12(14)6-5-9-17-15/h5-11,18H,4,16H2,1-3H3. The summed E-state index contributed by atoms with van der Waals surface area (Å²) in [6, 6.07) is 8.40. The van der Waals surface area contributed by atoms with Crippen LogP contribution in [0.4, 0.5) is 11.4 Å². The van der Waals surface area contributed by atoms with Crippen LogP contribution in [0.5, 0.6) is 0 Å². The number of hydrogen-bond donors (Lipinski definition) is 2. The molecule has 18 heavy (non-hydrogen) atoms. The fourth-order valence-corrected chi connectivity index (χ4v) is 2.06. The molecule has 1 aromatic heterocycles. The largest absolute Gasteiger partial charge is 0.397 e. The highest BCUT2D eigenvalue weighted by atomic mass is 14.9. The van der Waals surface area contributed by atoms with Crippen molar-refractivity contribution >= 4 is 22.3 Å². The van der Waals surface area contributed by atoms with Crippen molar-refractivity contribution in [3.8, 4) is 0 Å². The van der Waals surface area contributed by atoms with Crippen LogP contribution in [-0.4, -0.2) is 11.0 Å². The second kappa shape index (κ2) is 5.25. The SMILES string of the molecule is CCC(C)C(C)Nc1ccc(N)c2ncccc12. The molecule has 0 aliphatic rings. The van der Waals surface area contributed by atoms with Crippen LogP contribution in [0.1, 0.15) is 27.2 Å². The minimum absolute atomic E-state index is 0.432. The summed E-state index contributed by atoms with van der Waals surface area (Å²) in [5.41, 5.74) is 8.67. The van der Waals surface area contributed by atoms with Crippen LogP contribution in [-0.2, 0) is 0 Å². The molecule has 0 aliphatic carbocycles. The molecule has 2 rings (SSSR count). The molecule has 0 bridgehead atoms. The lowest BCUT2D eigenvalue weighted by molar-refractivity contribution is 0.495. The van der Waals surface area contributed by atoms with Gasteiger partial charge in [-0.2, -0.15) is 0 Å². The van der Waals surface area contributed by atoms with E-state index >= 15 is 0 Å². The van der Waals surface area contributed by atoms with E-state index in [1.54, 1.807) is 6.20 Å². The summed E-state index contributed by atoms with van der Waals surface area (Å²) < 4.78 is 0. The van der Waals surface area contributed by atoms with Gasteiger partial charge in [-0.1, -0.05) is 20.3 Å².